The molecule has 1 heterocycles. The fourth-order valence-corrected chi connectivity index (χ4v) is 2.04. The first-order chi connectivity index (χ1) is 7.49. The summed E-state index contributed by atoms with van der Waals surface area (Å²) in [5, 5.41) is 20.7. The van der Waals surface area contributed by atoms with Crippen molar-refractivity contribution in [2.45, 2.75) is 18.9 Å². The fraction of sp³-hybridized carbons (Fsp3) is 0.455. The number of aliphatic hydroxyl groups is 1. The Morgan fingerprint density at radius 3 is 2.75 bits per heavy atom. The average molecular weight is 222 g/mol. The van der Waals surface area contributed by atoms with Gasteiger partial charge in [0.2, 0.25) is 0 Å². The van der Waals surface area contributed by atoms with Crippen molar-refractivity contribution in [3.63, 3.8) is 0 Å². The summed E-state index contributed by atoms with van der Waals surface area (Å²) in [6, 6.07) is 6.63. The molecule has 0 saturated carbocycles. The van der Waals surface area contributed by atoms with Crippen LogP contribution in [0.25, 0.3) is 0 Å². The molecule has 0 aliphatic carbocycles. The molecular formula is C11H14N2O3. The van der Waals surface area contributed by atoms with Crippen molar-refractivity contribution in [2.24, 2.45) is 0 Å². The molecule has 1 unspecified atom stereocenters. The molecule has 16 heavy (non-hydrogen) atoms. The second-order valence-corrected chi connectivity index (χ2v) is 4.41. The van der Waals surface area contributed by atoms with E-state index in [-0.39, 0.29) is 10.6 Å². The molecule has 1 aromatic rings. The first-order valence-corrected chi connectivity index (χ1v) is 5.20. The van der Waals surface area contributed by atoms with E-state index in [0.29, 0.717) is 25.2 Å². The smallest absolute Gasteiger partial charge is 0.292 e. The highest BCUT2D eigenvalue weighted by Crippen LogP contribution is 2.32. The molecule has 5 nitrogen and oxygen atoms in total. The maximum Gasteiger partial charge on any atom is 0.292 e. The molecule has 0 amide bonds. The van der Waals surface area contributed by atoms with Gasteiger partial charge in [0.05, 0.1) is 10.5 Å². The molecule has 1 saturated heterocycles. The summed E-state index contributed by atoms with van der Waals surface area (Å²) in [7, 11) is 0. The van der Waals surface area contributed by atoms with E-state index in [4.69, 9.17) is 0 Å². The Morgan fingerprint density at radius 2 is 2.19 bits per heavy atom. The lowest BCUT2D eigenvalue weighted by Gasteiger charge is -2.20. The largest absolute Gasteiger partial charge is 0.388 e. The van der Waals surface area contributed by atoms with Gasteiger partial charge in [-0.1, -0.05) is 12.1 Å². The van der Waals surface area contributed by atoms with Crippen LogP contribution in [0.15, 0.2) is 24.3 Å². The molecule has 0 bridgehead atoms. The molecule has 0 radical (unpaired) electrons. The summed E-state index contributed by atoms with van der Waals surface area (Å²) < 4.78 is 0. The number of para-hydroxylation sites is 2. The Bertz CT molecular complexity index is 417. The lowest BCUT2D eigenvalue weighted by molar-refractivity contribution is -0.384. The summed E-state index contributed by atoms with van der Waals surface area (Å²) in [4.78, 5) is 12.3. The highest BCUT2D eigenvalue weighted by molar-refractivity contribution is 5.63. The lowest BCUT2D eigenvalue weighted by Crippen LogP contribution is -2.29. The molecule has 1 atom stereocenters. The fourth-order valence-electron chi connectivity index (χ4n) is 2.04. The molecule has 86 valence electrons. The van der Waals surface area contributed by atoms with Crippen molar-refractivity contribution in [2.75, 3.05) is 18.0 Å². The molecule has 0 spiro atoms. The lowest BCUT2D eigenvalue weighted by atomic mass is 10.1. The second-order valence-electron chi connectivity index (χ2n) is 4.41. The Kier molecular flexibility index (Phi) is 2.55. The molecule has 1 aliphatic heterocycles. The van der Waals surface area contributed by atoms with E-state index in [2.05, 4.69) is 0 Å². The number of nitrogens with zero attached hydrogens (tertiary/aromatic N) is 2. The van der Waals surface area contributed by atoms with Gasteiger partial charge < -0.3 is 10.0 Å². The zero-order chi connectivity index (χ0) is 11.8. The van der Waals surface area contributed by atoms with Gasteiger partial charge in [-0.05, 0) is 19.4 Å². The first kappa shape index (κ1) is 10.9. The van der Waals surface area contributed by atoms with E-state index < -0.39 is 5.60 Å². The van der Waals surface area contributed by atoms with Crippen molar-refractivity contribution < 1.29 is 10.0 Å². The van der Waals surface area contributed by atoms with Crippen LogP contribution in [-0.4, -0.2) is 28.7 Å². The van der Waals surface area contributed by atoms with Crippen LogP contribution in [0.1, 0.15) is 13.3 Å². The molecule has 1 aromatic carbocycles. The number of rotatable bonds is 2. The quantitative estimate of drug-likeness (QED) is 0.609. The number of hydrogen-bond donors (Lipinski definition) is 1. The van der Waals surface area contributed by atoms with E-state index in [1.54, 1.807) is 25.1 Å². The van der Waals surface area contributed by atoms with E-state index in [1.807, 2.05) is 4.90 Å². The number of hydrogen-bond acceptors (Lipinski definition) is 4. The predicted octanol–water partition coefficient (Wildman–Crippen LogP) is 1.56. The van der Waals surface area contributed by atoms with E-state index in [0.717, 1.165) is 0 Å². The Hall–Kier alpha value is -1.62. The molecule has 2 rings (SSSR count). The van der Waals surface area contributed by atoms with Gasteiger partial charge in [-0.2, -0.15) is 0 Å². The number of nitro benzene ring substituents is 1. The van der Waals surface area contributed by atoms with E-state index in [9.17, 15) is 15.2 Å². The van der Waals surface area contributed by atoms with Gasteiger partial charge in [-0.25, -0.2) is 0 Å². The molecule has 1 fully saturated rings. The van der Waals surface area contributed by atoms with E-state index in [1.165, 1.54) is 6.07 Å². The van der Waals surface area contributed by atoms with Gasteiger partial charge >= 0.3 is 0 Å². The third-order valence-electron chi connectivity index (χ3n) is 2.87. The zero-order valence-corrected chi connectivity index (χ0v) is 9.09. The van der Waals surface area contributed by atoms with Crippen molar-refractivity contribution in [3.8, 4) is 0 Å². The summed E-state index contributed by atoms with van der Waals surface area (Å²) in [5.74, 6) is 0. The number of β-amino-alcohol motifs (C(OH)–C–C–N with tert-alkyl or cyclic N) is 1. The highest BCUT2D eigenvalue weighted by atomic mass is 16.6. The SMILES string of the molecule is CC1(O)CCN(c2ccccc2[N+](=O)[O-])C1. The van der Waals surface area contributed by atoms with Crippen LogP contribution in [0.4, 0.5) is 11.4 Å². The summed E-state index contributed by atoms with van der Waals surface area (Å²) in [6.45, 7) is 2.84. The van der Waals surface area contributed by atoms with Gasteiger partial charge in [0, 0.05) is 19.2 Å². The van der Waals surface area contributed by atoms with Gasteiger partial charge in [0.1, 0.15) is 5.69 Å². The third kappa shape index (κ3) is 1.99. The van der Waals surface area contributed by atoms with Crippen LogP contribution in [0.5, 0.6) is 0 Å². The topological polar surface area (TPSA) is 66.6 Å². The molecular weight excluding hydrogens is 208 g/mol. The van der Waals surface area contributed by atoms with E-state index >= 15 is 0 Å². The van der Waals surface area contributed by atoms with Gasteiger partial charge in [0.25, 0.3) is 5.69 Å². The molecule has 1 aliphatic rings. The molecule has 1 N–H and O–H groups in total. The minimum atomic E-state index is -0.746. The minimum absolute atomic E-state index is 0.0974. The van der Waals surface area contributed by atoms with Crippen LogP contribution in [-0.2, 0) is 0 Å². The summed E-state index contributed by atoms with van der Waals surface area (Å²) in [6.07, 6.45) is 0.638. The number of nitro groups is 1. The third-order valence-corrected chi connectivity index (χ3v) is 2.87. The molecule has 0 aromatic heterocycles. The van der Waals surface area contributed by atoms with Crippen LogP contribution < -0.4 is 4.90 Å². The van der Waals surface area contributed by atoms with Crippen LogP contribution in [0, 0.1) is 10.1 Å². The van der Waals surface area contributed by atoms with Crippen molar-refractivity contribution in [1.29, 1.82) is 0 Å². The maximum atomic E-state index is 10.9. The average Bonchev–Trinajstić information content (AvgIpc) is 2.59. The minimum Gasteiger partial charge on any atom is -0.388 e. The van der Waals surface area contributed by atoms with Gasteiger partial charge in [-0.15, -0.1) is 0 Å². The van der Waals surface area contributed by atoms with Crippen molar-refractivity contribution in [1.82, 2.24) is 0 Å². The second kappa shape index (κ2) is 3.75. The normalized spacial score (nSPS) is 24.8. The van der Waals surface area contributed by atoms with Crippen LogP contribution in [0.3, 0.4) is 0 Å². The van der Waals surface area contributed by atoms with Gasteiger partial charge in [0.15, 0.2) is 0 Å². The Morgan fingerprint density at radius 1 is 1.50 bits per heavy atom. The van der Waals surface area contributed by atoms with Crippen molar-refractivity contribution in [3.05, 3.63) is 34.4 Å². The highest BCUT2D eigenvalue weighted by Gasteiger charge is 2.33. The van der Waals surface area contributed by atoms with Crippen molar-refractivity contribution >= 4 is 11.4 Å². The summed E-state index contributed by atoms with van der Waals surface area (Å²) >= 11 is 0. The van der Waals surface area contributed by atoms with Crippen LogP contribution in [0.2, 0.25) is 0 Å². The van der Waals surface area contributed by atoms with Crippen LogP contribution >= 0.6 is 0 Å². The predicted molar refractivity (Wildman–Crippen MR) is 60.6 cm³/mol. The number of benzene rings is 1. The standard InChI is InChI=1S/C11H14N2O3/c1-11(14)6-7-12(8-11)9-4-2-3-5-10(9)13(15)16/h2-5,14H,6-8H2,1H3. The Labute approximate surface area is 93.5 Å². The molecule has 5 heteroatoms. The number of anilines is 1. The maximum absolute atomic E-state index is 10.9. The Balaban J connectivity index is 2.31. The zero-order valence-electron chi connectivity index (χ0n) is 9.09. The monoisotopic (exact) mass is 222 g/mol. The first-order valence-electron chi connectivity index (χ1n) is 5.20. The van der Waals surface area contributed by atoms with Gasteiger partial charge in [-0.3, -0.25) is 10.1 Å². The summed E-state index contributed by atoms with van der Waals surface area (Å²) in [5.41, 5.74) is -0.0607.